The highest BCUT2D eigenvalue weighted by atomic mass is 16.7. The molecule has 1 unspecified atom stereocenters. The molecule has 1 aromatic heterocycles. The molecule has 8 heteroatoms. The van der Waals surface area contributed by atoms with E-state index in [0.717, 1.165) is 27.8 Å². The van der Waals surface area contributed by atoms with Crippen molar-refractivity contribution in [1.29, 1.82) is 5.26 Å². The summed E-state index contributed by atoms with van der Waals surface area (Å²) in [5, 5.41) is 10.1. The van der Waals surface area contributed by atoms with E-state index in [1.54, 1.807) is 4.90 Å². The molecule has 1 atom stereocenters. The van der Waals surface area contributed by atoms with Crippen molar-refractivity contribution >= 4 is 22.7 Å². The Labute approximate surface area is 177 Å². The monoisotopic (exact) mass is 414 g/mol. The van der Waals surface area contributed by atoms with Crippen LogP contribution in [0.5, 0.6) is 11.5 Å². The van der Waals surface area contributed by atoms with Gasteiger partial charge in [0.2, 0.25) is 18.6 Å². The van der Waals surface area contributed by atoms with Gasteiger partial charge in [-0.3, -0.25) is 9.59 Å². The van der Waals surface area contributed by atoms with Gasteiger partial charge in [-0.05, 0) is 23.8 Å². The average Bonchev–Trinajstić information content (AvgIpc) is 3.39. The molecule has 0 aliphatic carbocycles. The van der Waals surface area contributed by atoms with Gasteiger partial charge in [-0.1, -0.05) is 24.3 Å². The highest BCUT2D eigenvalue weighted by Crippen LogP contribution is 2.43. The van der Waals surface area contributed by atoms with E-state index in [-0.39, 0.29) is 31.7 Å². The number of fused-ring (bicyclic) bond motifs is 5. The number of para-hydroxylation sites is 2. The number of amides is 2. The minimum absolute atomic E-state index is 0.0594. The van der Waals surface area contributed by atoms with Gasteiger partial charge in [-0.25, -0.2) is 0 Å². The fourth-order valence-electron chi connectivity index (χ4n) is 4.94. The number of nitriles is 1. The number of rotatable bonds is 2. The molecule has 31 heavy (non-hydrogen) atoms. The molecule has 154 valence electrons. The average molecular weight is 414 g/mol. The maximum Gasteiger partial charge on any atom is 0.247 e. The summed E-state index contributed by atoms with van der Waals surface area (Å²) in [6, 6.07) is 15.2. The molecule has 8 nitrogen and oxygen atoms in total. The second-order valence-corrected chi connectivity index (χ2v) is 7.88. The molecule has 2 aromatic carbocycles. The lowest BCUT2D eigenvalue weighted by Gasteiger charge is -2.42. The maximum absolute atomic E-state index is 13.0. The van der Waals surface area contributed by atoms with Crippen LogP contribution in [-0.4, -0.2) is 52.1 Å². The van der Waals surface area contributed by atoms with Gasteiger partial charge < -0.3 is 23.8 Å². The fraction of sp³-hybridized carbons (Fsp3) is 0.261. The molecule has 0 radical (unpaired) electrons. The van der Waals surface area contributed by atoms with E-state index in [4.69, 9.17) is 14.7 Å². The predicted molar refractivity (Wildman–Crippen MR) is 110 cm³/mol. The first-order chi connectivity index (χ1) is 15.2. The van der Waals surface area contributed by atoms with Crippen LogP contribution in [0.25, 0.3) is 16.6 Å². The zero-order valence-electron chi connectivity index (χ0n) is 16.6. The molecular formula is C23H18N4O4. The largest absolute Gasteiger partial charge is 0.454 e. The van der Waals surface area contributed by atoms with Crippen molar-refractivity contribution in [1.82, 2.24) is 14.4 Å². The van der Waals surface area contributed by atoms with Crippen molar-refractivity contribution in [3.63, 3.8) is 0 Å². The number of nitrogens with zero attached hydrogens (tertiary/aromatic N) is 4. The van der Waals surface area contributed by atoms with Gasteiger partial charge in [0.1, 0.15) is 19.1 Å². The van der Waals surface area contributed by atoms with E-state index < -0.39 is 6.04 Å². The molecular weight excluding hydrogens is 396 g/mol. The summed E-state index contributed by atoms with van der Waals surface area (Å²) in [5.74, 6) is 1.06. The van der Waals surface area contributed by atoms with Gasteiger partial charge >= 0.3 is 0 Å². The highest BCUT2D eigenvalue weighted by molar-refractivity contribution is 5.97. The minimum atomic E-state index is -0.581. The fourth-order valence-corrected chi connectivity index (χ4v) is 4.94. The SMILES string of the molecule is N#CCN1CC(=O)N2Cc3c(c4ccccc4n3-c3cccc4c3OCO4)CC2C1=O. The van der Waals surface area contributed by atoms with Gasteiger partial charge in [0.15, 0.2) is 11.5 Å². The van der Waals surface area contributed by atoms with Crippen LogP contribution >= 0.6 is 0 Å². The van der Waals surface area contributed by atoms with Gasteiger partial charge in [-0.2, -0.15) is 5.26 Å². The standard InChI is InChI=1S/C23H18N4O4/c24-8-9-25-12-21(28)26-11-19-15(10-18(26)23(25)29)14-4-1-2-5-16(14)27(19)17-6-3-7-20-22(17)31-13-30-20/h1-7,18H,9-13H2. The summed E-state index contributed by atoms with van der Waals surface area (Å²) in [5.41, 5.74) is 3.86. The van der Waals surface area contributed by atoms with Gasteiger partial charge in [-0.15, -0.1) is 0 Å². The minimum Gasteiger partial charge on any atom is -0.454 e. The van der Waals surface area contributed by atoms with Crippen molar-refractivity contribution < 1.29 is 19.1 Å². The summed E-state index contributed by atoms with van der Waals surface area (Å²) in [6.45, 7) is 0.362. The zero-order chi connectivity index (χ0) is 21.1. The van der Waals surface area contributed by atoms with Crippen molar-refractivity contribution in [3.8, 4) is 23.3 Å². The van der Waals surface area contributed by atoms with E-state index in [1.165, 1.54) is 4.90 Å². The van der Waals surface area contributed by atoms with Crippen LogP contribution in [-0.2, 0) is 22.6 Å². The lowest BCUT2D eigenvalue weighted by Crippen LogP contribution is -2.61. The first kappa shape index (κ1) is 17.8. The molecule has 0 bridgehead atoms. The van der Waals surface area contributed by atoms with Crippen LogP contribution in [0.4, 0.5) is 0 Å². The number of aromatic nitrogens is 1. The van der Waals surface area contributed by atoms with E-state index in [2.05, 4.69) is 4.57 Å². The molecule has 0 N–H and O–H groups in total. The third-order valence-corrected chi connectivity index (χ3v) is 6.30. The Morgan fingerprint density at radius 2 is 1.94 bits per heavy atom. The summed E-state index contributed by atoms with van der Waals surface area (Å²) in [7, 11) is 0. The number of carbonyl (C=O) groups excluding carboxylic acids is 2. The van der Waals surface area contributed by atoms with Gasteiger partial charge in [0.05, 0.1) is 23.8 Å². The first-order valence-electron chi connectivity index (χ1n) is 10.1. The van der Waals surface area contributed by atoms with Crippen LogP contribution in [0.15, 0.2) is 42.5 Å². The summed E-state index contributed by atoms with van der Waals surface area (Å²) in [4.78, 5) is 28.9. The maximum atomic E-state index is 13.0. The molecule has 0 saturated carbocycles. The summed E-state index contributed by atoms with van der Waals surface area (Å²) >= 11 is 0. The number of piperazine rings is 1. The molecule has 3 aromatic rings. The van der Waals surface area contributed by atoms with Crippen LogP contribution in [0.1, 0.15) is 11.3 Å². The van der Waals surface area contributed by atoms with E-state index >= 15 is 0 Å². The molecule has 3 aliphatic rings. The van der Waals surface area contributed by atoms with Crippen LogP contribution in [0, 0.1) is 11.3 Å². The normalized spacial score (nSPS) is 19.4. The van der Waals surface area contributed by atoms with Crippen LogP contribution in [0.2, 0.25) is 0 Å². The topological polar surface area (TPSA) is 87.8 Å². The third-order valence-electron chi connectivity index (χ3n) is 6.30. The Hall–Kier alpha value is -3.99. The second kappa shape index (κ2) is 6.51. The Bertz CT molecular complexity index is 1300. The van der Waals surface area contributed by atoms with Crippen molar-refractivity contribution in [2.45, 2.75) is 19.0 Å². The Kier molecular flexibility index (Phi) is 3.74. The third kappa shape index (κ3) is 2.46. The molecule has 1 saturated heterocycles. The molecule has 4 heterocycles. The molecule has 3 aliphatic heterocycles. The summed E-state index contributed by atoms with van der Waals surface area (Å²) in [6.07, 6.45) is 0.418. The smallest absolute Gasteiger partial charge is 0.247 e. The molecule has 0 spiro atoms. The van der Waals surface area contributed by atoms with Gasteiger partial charge in [0, 0.05) is 17.5 Å². The number of hydrogen-bond acceptors (Lipinski definition) is 5. The molecule has 6 rings (SSSR count). The molecule has 1 fully saturated rings. The second-order valence-electron chi connectivity index (χ2n) is 7.88. The first-order valence-corrected chi connectivity index (χ1v) is 10.1. The highest BCUT2D eigenvalue weighted by Gasteiger charge is 2.44. The lowest BCUT2D eigenvalue weighted by atomic mass is 9.94. The summed E-state index contributed by atoms with van der Waals surface area (Å²) < 4.78 is 13.5. The number of benzene rings is 2. The van der Waals surface area contributed by atoms with Crippen LogP contribution in [0.3, 0.4) is 0 Å². The van der Waals surface area contributed by atoms with Crippen molar-refractivity contribution in [3.05, 3.63) is 53.7 Å². The predicted octanol–water partition coefficient (Wildman–Crippen LogP) is 1.98. The van der Waals surface area contributed by atoms with Crippen molar-refractivity contribution in [2.24, 2.45) is 0 Å². The Morgan fingerprint density at radius 1 is 1.06 bits per heavy atom. The van der Waals surface area contributed by atoms with E-state index in [9.17, 15) is 9.59 Å². The zero-order valence-corrected chi connectivity index (χ0v) is 16.6. The van der Waals surface area contributed by atoms with E-state index in [0.29, 0.717) is 24.5 Å². The molecule has 2 amide bonds. The van der Waals surface area contributed by atoms with Gasteiger partial charge in [0.25, 0.3) is 0 Å². The Morgan fingerprint density at radius 3 is 2.81 bits per heavy atom. The van der Waals surface area contributed by atoms with E-state index in [1.807, 2.05) is 48.5 Å². The lowest BCUT2D eigenvalue weighted by molar-refractivity contribution is -0.156. The quantitative estimate of drug-likeness (QED) is 0.599. The van der Waals surface area contributed by atoms with Crippen LogP contribution < -0.4 is 9.47 Å². The number of carbonyl (C=O) groups is 2. The van der Waals surface area contributed by atoms with Crippen molar-refractivity contribution in [2.75, 3.05) is 19.9 Å². The Balaban J connectivity index is 1.55. The number of ether oxygens (including phenoxy) is 2. The number of hydrogen-bond donors (Lipinski definition) is 0.